The van der Waals surface area contributed by atoms with Crippen LogP contribution in [0.1, 0.15) is 25.7 Å². The van der Waals surface area contributed by atoms with E-state index >= 15 is 0 Å². The van der Waals surface area contributed by atoms with Gasteiger partial charge in [-0.2, -0.15) is 0 Å². The van der Waals surface area contributed by atoms with Gasteiger partial charge in [0.2, 0.25) is 5.91 Å². The molecule has 2 fully saturated rings. The molecule has 0 radical (unpaired) electrons. The lowest BCUT2D eigenvalue weighted by Crippen LogP contribution is -2.50. The summed E-state index contributed by atoms with van der Waals surface area (Å²) >= 11 is 0. The Morgan fingerprint density at radius 3 is 2.09 bits per heavy atom. The van der Waals surface area contributed by atoms with Gasteiger partial charge in [0.1, 0.15) is 5.75 Å². The number of benzene rings is 1. The Morgan fingerprint density at radius 2 is 1.48 bits per heavy atom. The highest BCUT2D eigenvalue weighted by Gasteiger charge is 2.22. The number of hydrogen-bond donors (Lipinski definition) is 1. The highest BCUT2D eigenvalue weighted by molar-refractivity contribution is 5.78. The molecule has 5 heteroatoms. The number of likely N-dealkylation sites (tertiary alicyclic amines) is 1. The summed E-state index contributed by atoms with van der Waals surface area (Å²) < 4.78 is 0. The van der Waals surface area contributed by atoms with Gasteiger partial charge in [-0.3, -0.25) is 9.69 Å². The second-order valence-electron chi connectivity index (χ2n) is 6.57. The number of rotatable bonds is 3. The van der Waals surface area contributed by atoms with Gasteiger partial charge in [-0.05, 0) is 37.1 Å². The molecular formula is C18H27N3O2. The monoisotopic (exact) mass is 317 g/mol. The summed E-state index contributed by atoms with van der Waals surface area (Å²) in [7, 11) is 0. The number of nitrogens with zero attached hydrogens (tertiary/aromatic N) is 3. The Hall–Kier alpha value is -1.75. The second kappa shape index (κ2) is 7.68. The smallest absolute Gasteiger partial charge is 0.236 e. The molecule has 0 saturated carbocycles. The number of carbonyl (C=O) groups excluding carboxylic acids is 1. The van der Waals surface area contributed by atoms with Crippen molar-refractivity contribution in [1.82, 2.24) is 9.80 Å². The number of amides is 1. The minimum absolute atomic E-state index is 0.296. The van der Waals surface area contributed by atoms with Crippen molar-refractivity contribution >= 4 is 11.6 Å². The van der Waals surface area contributed by atoms with Crippen molar-refractivity contribution in [1.29, 1.82) is 0 Å². The lowest BCUT2D eigenvalue weighted by molar-refractivity contribution is -0.132. The predicted molar refractivity (Wildman–Crippen MR) is 91.8 cm³/mol. The van der Waals surface area contributed by atoms with Crippen LogP contribution >= 0.6 is 0 Å². The molecule has 1 N–H and O–H groups in total. The fourth-order valence-corrected chi connectivity index (χ4v) is 3.44. The summed E-state index contributed by atoms with van der Waals surface area (Å²) in [6.07, 6.45) is 4.82. The first kappa shape index (κ1) is 16.1. The molecule has 1 aromatic rings. The summed E-state index contributed by atoms with van der Waals surface area (Å²) in [5.41, 5.74) is 1.14. The van der Waals surface area contributed by atoms with Gasteiger partial charge < -0.3 is 14.9 Å². The summed E-state index contributed by atoms with van der Waals surface area (Å²) in [4.78, 5) is 19.1. The minimum atomic E-state index is 0.296. The normalized spacial score (nSPS) is 20.3. The maximum atomic E-state index is 12.5. The Kier molecular flexibility index (Phi) is 5.39. The van der Waals surface area contributed by atoms with Gasteiger partial charge in [0.15, 0.2) is 0 Å². The Morgan fingerprint density at radius 1 is 0.870 bits per heavy atom. The molecule has 0 bridgehead atoms. The van der Waals surface area contributed by atoms with E-state index in [-0.39, 0.29) is 0 Å². The number of hydrogen-bond acceptors (Lipinski definition) is 4. The average Bonchev–Trinajstić information content (AvgIpc) is 2.86. The van der Waals surface area contributed by atoms with Gasteiger partial charge in [-0.15, -0.1) is 0 Å². The van der Waals surface area contributed by atoms with Crippen LogP contribution in [-0.4, -0.2) is 66.6 Å². The van der Waals surface area contributed by atoms with Gasteiger partial charge in [-0.25, -0.2) is 0 Å². The molecule has 126 valence electrons. The zero-order valence-corrected chi connectivity index (χ0v) is 13.8. The van der Waals surface area contributed by atoms with Crippen LogP contribution in [0, 0.1) is 0 Å². The van der Waals surface area contributed by atoms with Crippen LogP contribution in [-0.2, 0) is 4.79 Å². The molecule has 0 aromatic heterocycles. The van der Waals surface area contributed by atoms with E-state index in [1.165, 1.54) is 12.8 Å². The van der Waals surface area contributed by atoms with E-state index in [1.54, 1.807) is 12.1 Å². The SMILES string of the molecule is O=C(CN1CCN(c2ccc(O)cc2)CC1)N1CCCCCC1. The minimum Gasteiger partial charge on any atom is -0.508 e. The topological polar surface area (TPSA) is 47.0 Å². The average molecular weight is 317 g/mol. The lowest BCUT2D eigenvalue weighted by atomic mass is 10.2. The number of phenolic OH excluding ortho intramolecular Hbond substituents is 1. The van der Waals surface area contributed by atoms with Crippen molar-refractivity contribution in [2.45, 2.75) is 25.7 Å². The Labute approximate surface area is 138 Å². The Bertz CT molecular complexity index is 502. The zero-order chi connectivity index (χ0) is 16.1. The molecule has 5 nitrogen and oxygen atoms in total. The Balaban J connectivity index is 1.47. The molecular weight excluding hydrogens is 290 g/mol. The molecule has 1 aromatic carbocycles. The summed E-state index contributed by atoms with van der Waals surface area (Å²) in [6.45, 7) is 6.12. The molecule has 0 aliphatic carbocycles. The van der Waals surface area contributed by atoms with E-state index < -0.39 is 0 Å². The van der Waals surface area contributed by atoms with E-state index in [9.17, 15) is 9.90 Å². The van der Waals surface area contributed by atoms with Crippen molar-refractivity contribution in [3.05, 3.63) is 24.3 Å². The lowest BCUT2D eigenvalue weighted by Gasteiger charge is -2.36. The van der Waals surface area contributed by atoms with Gasteiger partial charge in [0.25, 0.3) is 0 Å². The van der Waals surface area contributed by atoms with Gasteiger partial charge in [-0.1, -0.05) is 12.8 Å². The van der Waals surface area contributed by atoms with Crippen LogP contribution in [0.4, 0.5) is 5.69 Å². The molecule has 3 rings (SSSR count). The molecule has 2 saturated heterocycles. The molecule has 2 aliphatic heterocycles. The van der Waals surface area contributed by atoms with E-state index in [1.807, 2.05) is 12.1 Å². The number of carbonyl (C=O) groups is 1. The highest BCUT2D eigenvalue weighted by atomic mass is 16.3. The molecule has 23 heavy (non-hydrogen) atoms. The highest BCUT2D eigenvalue weighted by Crippen LogP contribution is 2.20. The number of piperazine rings is 1. The van der Waals surface area contributed by atoms with E-state index in [0.717, 1.165) is 57.8 Å². The standard InChI is InChI=1S/C18H27N3O2/c22-17-7-5-16(6-8-17)20-13-11-19(12-14-20)15-18(23)21-9-3-1-2-4-10-21/h5-8,22H,1-4,9-15H2. The number of aromatic hydroxyl groups is 1. The maximum Gasteiger partial charge on any atom is 0.236 e. The van der Waals surface area contributed by atoms with E-state index in [0.29, 0.717) is 18.2 Å². The van der Waals surface area contributed by atoms with Crippen molar-refractivity contribution in [3.8, 4) is 5.75 Å². The van der Waals surface area contributed by atoms with Crippen LogP contribution in [0.3, 0.4) is 0 Å². The van der Waals surface area contributed by atoms with Crippen LogP contribution in [0.2, 0.25) is 0 Å². The third kappa shape index (κ3) is 4.38. The molecule has 0 spiro atoms. The number of anilines is 1. The van der Waals surface area contributed by atoms with Gasteiger partial charge >= 0.3 is 0 Å². The van der Waals surface area contributed by atoms with E-state index in [4.69, 9.17) is 0 Å². The third-order valence-electron chi connectivity index (χ3n) is 4.90. The largest absolute Gasteiger partial charge is 0.508 e. The van der Waals surface area contributed by atoms with Crippen LogP contribution in [0.25, 0.3) is 0 Å². The first-order chi connectivity index (χ1) is 11.2. The summed E-state index contributed by atoms with van der Waals surface area (Å²) in [5.74, 6) is 0.598. The quantitative estimate of drug-likeness (QED) is 0.925. The predicted octanol–water partition coefficient (Wildman–Crippen LogP) is 1.92. The van der Waals surface area contributed by atoms with Crippen LogP contribution in [0.5, 0.6) is 5.75 Å². The molecule has 2 aliphatic rings. The zero-order valence-electron chi connectivity index (χ0n) is 13.8. The third-order valence-corrected chi connectivity index (χ3v) is 4.90. The van der Waals surface area contributed by atoms with Crippen molar-refractivity contribution in [3.63, 3.8) is 0 Å². The molecule has 2 heterocycles. The fraction of sp³-hybridized carbons (Fsp3) is 0.611. The second-order valence-corrected chi connectivity index (χ2v) is 6.57. The van der Waals surface area contributed by atoms with Crippen molar-refractivity contribution < 1.29 is 9.90 Å². The molecule has 0 unspecified atom stereocenters. The first-order valence-corrected chi connectivity index (χ1v) is 8.76. The summed E-state index contributed by atoms with van der Waals surface area (Å²) in [5, 5.41) is 9.37. The van der Waals surface area contributed by atoms with Crippen molar-refractivity contribution in [2.75, 3.05) is 50.7 Å². The summed E-state index contributed by atoms with van der Waals surface area (Å²) in [6, 6.07) is 7.36. The molecule has 0 atom stereocenters. The number of phenols is 1. The van der Waals surface area contributed by atoms with Crippen LogP contribution in [0.15, 0.2) is 24.3 Å². The van der Waals surface area contributed by atoms with Crippen LogP contribution < -0.4 is 4.90 Å². The van der Waals surface area contributed by atoms with Gasteiger partial charge in [0.05, 0.1) is 6.54 Å². The van der Waals surface area contributed by atoms with Gasteiger partial charge in [0, 0.05) is 45.0 Å². The maximum absolute atomic E-state index is 12.5. The molecule has 1 amide bonds. The fourth-order valence-electron chi connectivity index (χ4n) is 3.44. The first-order valence-electron chi connectivity index (χ1n) is 8.76. The van der Waals surface area contributed by atoms with E-state index in [2.05, 4.69) is 14.7 Å². The van der Waals surface area contributed by atoms with Crippen molar-refractivity contribution in [2.24, 2.45) is 0 Å².